The minimum Gasteiger partial charge on any atom is -0.342 e. The number of imidazole rings is 1. The maximum absolute atomic E-state index is 4.48. The summed E-state index contributed by atoms with van der Waals surface area (Å²) in [6.45, 7) is 2.00. The molecule has 2 aromatic carbocycles. The first-order valence-electron chi connectivity index (χ1n) is 7.39. The van der Waals surface area contributed by atoms with Gasteiger partial charge in [-0.1, -0.05) is 24.3 Å². The SMILES string of the molecule is Cc1nc2ccc(-c3cccc4c3CCCC4)cc2[nH]1. The third-order valence-corrected chi connectivity index (χ3v) is 4.31. The van der Waals surface area contributed by atoms with Crippen LogP contribution in [0.1, 0.15) is 29.8 Å². The Morgan fingerprint density at radius 1 is 1.05 bits per heavy atom. The van der Waals surface area contributed by atoms with Crippen molar-refractivity contribution < 1.29 is 0 Å². The van der Waals surface area contributed by atoms with E-state index in [0.29, 0.717) is 0 Å². The van der Waals surface area contributed by atoms with Crippen molar-refractivity contribution in [2.24, 2.45) is 0 Å². The van der Waals surface area contributed by atoms with Gasteiger partial charge in [-0.2, -0.15) is 0 Å². The molecule has 0 bridgehead atoms. The number of H-pyrrole nitrogens is 1. The van der Waals surface area contributed by atoms with Crippen LogP contribution in [0.4, 0.5) is 0 Å². The minimum atomic E-state index is 0.979. The van der Waals surface area contributed by atoms with Crippen molar-refractivity contribution in [1.29, 1.82) is 0 Å². The summed E-state index contributed by atoms with van der Waals surface area (Å²) >= 11 is 0. The fourth-order valence-corrected chi connectivity index (χ4v) is 3.36. The van der Waals surface area contributed by atoms with Crippen LogP contribution in [0.15, 0.2) is 36.4 Å². The molecule has 3 aromatic rings. The van der Waals surface area contributed by atoms with Crippen LogP contribution in [-0.2, 0) is 12.8 Å². The lowest BCUT2D eigenvalue weighted by Gasteiger charge is -2.19. The molecule has 100 valence electrons. The van der Waals surface area contributed by atoms with E-state index in [4.69, 9.17) is 0 Å². The molecule has 20 heavy (non-hydrogen) atoms. The molecule has 0 fully saturated rings. The fraction of sp³-hybridized carbons (Fsp3) is 0.278. The Morgan fingerprint density at radius 3 is 2.90 bits per heavy atom. The summed E-state index contributed by atoms with van der Waals surface area (Å²) in [5.41, 5.74) is 7.98. The predicted octanol–water partition coefficient (Wildman–Crippen LogP) is 4.42. The summed E-state index contributed by atoms with van der Waals surface area (Å²) in [4.78, 5) is 7.82. The average molecular weight is 262 g/mol. The summed E-state index contributed by atoms with van der Waals surface area (Å²) in [5.74, 6) is 0.979. The Balaban J connectivity index is 1.90. The molecular weight excluding hydrogens is 244 g/mol. The molecule has 0 aliphatic heterocycles. The van der Waals surface area contributed by atoms with Crippen LogP contribution in [0.25, 0.3) is 22.2 Å². The monoisotopic (exact) mass is 262 g/mol. The molecule has 1 aliphatic rings. The summed E-state index contributed by atoms with van der Waals surface area (Å²) in [6, 6.07) is 13.3. The zero-order valence-electron chi connectivity index (χ0n) is 11.7. The van der Waals surface area contributed by atoms with Crippen LogP contribution in [-0.4, -0.2) is 9.97 Å². The molecule has 1 N–H and O–H groups in total. The number of aromatic amines is 1. The van der Waals surface area contributed by atoms with Crippen LogP contribution in [0.3, 0.4) is 0 Å². The number of rotatable bonds is 1. The number of fused-ring (bicyclic) bond motifs is 2. The lowest BCUT2D eigenvalue weighted by molar-refractivity contribution is 0.687. The first kappa shape index (κ1) is 11.7. The summed E-state index contributed by atoms with van der Waals surface area (Å²) < 4.78 is 0. The van der Waals surface area contributed by atoms with Crippen LogP contribution < -0.4 is 0 Å². The summed E-state index contributed by atoms with van der Waals surface area (Å²) in [5, 5.41) is 0. The second-order valence-electron chi connectivity index (χ2n) is 5.70. The lowest BCUT2D eigenvalue weighted by Crippen LogP contribution is -2.04. The van der Waals surface area contributed by atoms with E-state index < -0.39 is 0 Å². The van der Waals surface area contributed by atoms with Crippen LogP contribution in [0.2, 0.25) is 0 Å². The van der Waals surface area contributed by atoms with Gasteiger partial charge in [0.1, 0.15) is 5.82 Å². The highest BCUT2D eigenvalue weighted by Gasteiger charge is 2.14. The Kier molecular flexibility index (Phi) is 2.62. The van der Waals surface area contributed by atoms with Gasteiger partial charge < -0.3 is 4.98 Å². The second-order valence-corrected chi connectivity index (χ2v) is 5.70. The number of aryl methyl sites for hydroxylation is 2. The van der Waals surface area contributed by atoms with E-state index >= 15 is 0 Å². The van der Waals surface area contributed by atoms with Gasteiger partial charge in [0, 0.05) is 0 Å². The van der Waals surface area contributed by atoms with E-state index in [1.807, 2.05) is 6.92 Å². The number of nitrogens with one attached hydrogen (secondary N) is 1. The molecule has 2 nitrogen and oxygen atoms in total. The predicted molar refractivity (Wildman–Crippen MR) is 82.9 cm³/mol. The first-order chi connectivity index (χ1) is 9.81. The quantitative estimate of drug-likeness (QED) is 0.691. The molecule has 1 heterocycles. The van der Waals surface area contributed by atoms with Crippen LogP contribution in [0.5, 0.6) is 0 Å². The van der Waals surface area contributed by atoms with Gasteiger partial charge in [0.05, 0.1) is 11.0 Å². The molecule has 1 aromatic heterocycles. The highest BCUT2D eigenvalue weighted by atomic mass is 14.9. The standard InChI is InChI=1S/C18H18N2/c1-12-19-17-10-9-14(11-18(17)20-12)16-8-4-6-13-5-2-3-7-15(13)16/h4,6,8-11H,2-3,5,7H2,1H3,(H,19,20). The van der Waals surface area contributed by atoms with Gasteiger partial charge in [-0.3, -0.25) is 0 Å². The summed E-state index contributed by atoms with van der Waals surface area (Å²) in [7, 11) is 0. The van der Waals surface area contributed by atoms with E-state index in [-0.39, 0.29) is 0 Å². The molecule has 0 spiro atoms. The van der Waals surface area contributed by atoms with E-state index in [2.05, 4.69) is 46.4 Å². The normalized spacial score (nSPS) is 14.4. The van der Waals surface area contributed by atoms with E-state index in [9.17, 15) is 0 Å². The van der Waals surface area contributed by atoms with Crippen LogP contribution in [0, 0.1) is 6.92 Å². The van der Waals surface area contributed by atoms with Gasteiger partial charge in [0.2, 0.25) is 0 Å². The third-order valence-electron chi connectivity index (χ3n) is 4.31. The van der Waals surface area contributed by atoms with Crippen molar-refractivity contribution in [1.82, 2.24) is 9.97 Å². The number of hydrogen-bond acceptors (Lipinski definition) is 1. The lowest BCUT2D eigenvalue weighted by atomic mass is 9.86. The van der Waals surface area contributed by atoms with E-state index in [0.717, 1.165) is 16.9 Å². The molecule has 2 heteroatoms. The molecular formula is C18H18N2. The first-order valence-corrected chi connectivity index (χ1v) is 7.39. The molecule has 4 rings (SSSR count). The van der Waals surface area contributed by atoms with E-state index in [1.54, 1.807) is 5.56 Å². The number of hydrogen-bond donors (Lipinski definition) is 1. The maximum Gasteiger partial charge on any atom is 0.104 e. The van der Waals surface area contributed by atoms with Crippen molar-refractivity contribution >= 4 is 11.0 Å². The zero-order valence-corrected chi connectivity index (χ0v) is 11.7. The molecule has 0 radical (unpaired) electrons. The van der Waals surface area contributed by atoms with Crippen molar-refractivity contribution in [2.45, 2.75) is 32.6 Å². The highest BCUT2D eigenvalue weighted by molar-refractivity contribution is 5.83. The fourth-order valence-electron chi connectivity index (χ4n) is 3.36. The van der Waals surface area contributed by atoms with Gasteiger partial charge in [0.25, 0.3) is 0 Å². The Morgan fingerprint density at radius 2 is 1.95 bits per heavy atom. The van der Waals surface area contributed by atoms with Crippen molar-refractivity contribution in [2.75, 3.05) is 0 Å². The van der Waals surface area contributed by atoms with Gasteiger partial charge in [0.15, 0.2) is 0 Å². The molecule has 0 amide bonds. The number of aromatic nitrogens is 2. The maximum atomic E-state index is 4.48. The van der Waals surface area contributed by atoms with Crippen LogP contribution >= 0.6 is 0 Å². The van der Waals surface area contributed by atoms with Crippen molar-refractivity contribution in [3.63, 3.8) is 0 Å². The molecule has 0 saturated carbocycles. The minimum absolute atomic E-state index is 0.979. The summed E-state index contributed by atoms with van der Waals surface area (Å²) in [6.07, 6.45) is 5.09. The number of nitrogens with zero attached hydrogens (tertiary/aromatic N) is 1. The number of benzene rings is 2. The highest BCUT2D eigenvalue weighted by Crippen LogP contribution is 2.32. The van der Waals surface area contributed by atoms with E-state index in [1.165, 1.54) is 42.4 Å². The van der Waals surface area contributed by atoms with Gasteiger partial charge in [-0.15, -0.1) is 0 Å². The zero-order chi connectivity index (χ0) is 13.5. The molecule has 1 aliphatic carbocycles. The third kappa shape index (κ3) is 1.83. The molecule has 0 atom stereocenters. The largest absolute Gasteiger partial charge is 0.342 e. The smallest absolute Gasteiger partial charge is 0.104 e. The molecule has 0 saturated heterocycles. The van der Waals surface area contributed by atoms with Crippen molar-refractivity contribution in [3.8, 4) is 11.1 Å². The Bertz CT molecular complexity index is 783. The van der Waals surface area contributed by atoms with Gasteiger partial charge >= 0.3 is 0 Å². The Labute approximate surface area is 118 Å². The Hall–Kier alpha value is -2.09. The average Bonchev–Trinajstić information content (AvgIpc) is 2.85. The van der Waals surface area contributed by atoms with Gasteiger partial charge in [-0.05, 0) is 67.0 Å². The topological polar surface area (TPSA) is 28.7 Å². The van der Waals surface area contributed by atoms with Gasteiger partial charge in [-0.25, -0.2) is 4.98 Å². The second kappa shape index (κ2) is 4.48. The van der Waals surface area contributed by atoms with Crippen molar-refractivity contribution in [3.05, 3.63) is 53.3 Å². The molecule has 0 unspecified atom stereocenters.